The SMILES string of the molecule is CC(=O)c1cnc(OCC(C)(F)F)c(I)c1. The molecular weight excluding hydrogens is 331 g/mol. The molecule has 0 bridgehead atoms. The van der Waals surface area contributed by atoms with Crippen molar-refractivity contribution >= 4 is 28.4 Å². The van der Waals surface area contributed by atoms with Crippen LogP contribution in [-0.4, -0.2) is 23.3 Å². The van der Waals surface area contributed by atoms with Gasteiger partial charge in [0.2, 0.25) is 5.88 Å². The van der Waals surface area contributed by atoms with E-state index < -0.39 is 12.5 Å². The molecule has 0 spiro atoms. The summed E-state index contributed by atoms with van der Waals surface area (Å²) in [4.78, 5) is 14.8. The minimum absolute atomic E-state index is 0.118. The number of pyridine rings is 1. The number of ether oxygens (including phenoxy) is 1. The average Bonchev–Trinajstić information content (AvgIpc) is 2.14. The highest BCUT2D eigenvalue weighted by atomic mass is 127. The van der Waals surface area contributed by atoms with Crippen molar-refractivity contribution in [2.45, 2.75) is 19.8 Å². The number of carbonyl (C=O) groups is 1. The van der Waals surface area contributed by atoms with Crippen LogP contribution in [0.1, 0.15) is 24.2 Å². The topological polar surface area (TPSA) is 39.2 Å². The van der Waals surface area contributed by atoms with Crippen LogP contribution in [0, 0.1) is 3.57 Å². The minimum Gasteiger partial charge on any atom is -0.471 e. The lowest BCUT2D eigenvalue weighted by atomic mass is 10.2. The van der Waals surface area contributed by atoms with Crippen molar-refractivity contribution < 1.29 is 18.3 Å². The summed E-state index contributed by atoms with van der Waals surface area (Å²) in [7, 11) is 0. The highest BCUT2D eigenvalue weighted by molar-refractivity contribution is 14.1. The summed E-state index contributed by atoms with van der Waals surface area (Å²) in [5.74, 6) is -2.91. The third kappa shape index (κ3) is 3.99. The Labute approximate surface area is 105 Å². The van der Waals surface area contributed by atoms with Gasteiger partial charge in [-0.15, -0.1) is 0 Å². The quantitative estimate of drug-likeness (QED) is 0.625. The first-order valence-electron chi connectivity index (χ1n) is 4.47. The molecule has 0 N–H and O–H groups in total. The third-order valence-electron chi connectivity index (χ3n) is 1.68. The van der Waals surface area contributed by atoms with Gasteiger partial charge in [-0.1, -0.05) is 0 Å². The van der Waals surface area contributed by atoms with Crippen LogP contribution in [0.15, 0.2) is 12.3 Å². The number of aromatic nitrogens is 1. The molecule has 0 amide bonds. The Hall–Kier alpha value is -0.790. The smallest absolute Gasteiger partial charge is 0.278 e. The van der Waals surface area contributed by atoms with Gasteiger partial charge in [0.05, 0.1) is 3.57 Å². The molecule has 1 heterocycles. The van der Waals surface area contributed by atoms with Crippen molar-refractivity contribution in [2.75, 3.05) is 6.61 Å². The zero-order chi connectivity index (χ0) is 12.3. The second-order valence-corrected chi connectivity index (χ2v) is 4.59. The van der Waals surface area contributed by atoms with E-state index in [4.69, 9.17) is 4.74 Å². The maximum atomic E-state index is 12.5. The molecule has 1 aromatic rings. The van der Waals surface area contributed by atoms with E-state index in [9.17, 15) is 13.6 Å². The molecule has 0 saturated heterocycles. The molecule has 0 aliphatic carbocycles. The standard InChI is InChI=1S/C10H10F2INO2/c1-6(15)7-3-8(13)9(14-4-7)16-5-10(2,11)12/h3-4H,5H2,1-2H3. The van der Waals surface area contributed by atoms with Gasteiger partial charge in [0.25, 0.3) is 5.92 Å². The van der Waals surface area contributed by atoms with Crippen LogP contribution in [0.25, 0.3) is 0 Å². The molecule has 16 heavy (non-hydrogen) atoms. The fourth-order valence-corrected chi connectivity index (χ4v) is 1.55. The van der Waals surface area contributed by atoms with Crippen LogP contribution in [0.5, 0.6) is 5.88 Å². The first-order chi connectivity index (χ1) is 7.29. The van der Waals surface area contributed by atoms with Gasteiger partial charge in [-0.3, -0.25) is 4.79 Å². The maximum Gasteiger partial charge on any atom is 0.278 e. The van der Waals surface area contributed by atoms with Gasteiger partial charge in [0.15, 0.2) is 12.4 Å². The predicted molar refractivity (Wildman–Crippen MR) is 63.1 cm³/mol. The van der Waals surface area contributed by atoms with Gasteiger partial charge in [-0.2, -0.15) is 0 Å². The summed E-state index contributed by atoms with van der Waals surface area (Å²) in [5, 5.41) is 0. The van der Waals surface area contributed by atoms with E-state index in [1.54, 1.807) is 6.07 Å². The molecule has 0 aromatic carbocycles. The molecule has 0 fully saturated rings. The van der Waals surface area contributed by atoms with Crippen molar-refractivity contribution in [3.05, 3.63) is 21.4 Å². The predicted octanol–water partition coefficient (Wildman–Crippen LogP) is 2.92. The normalized spacial score (nSPS) is 11.3. The van der Waals surface area contributed by atoms with Crippen LogP contribution in [-0.2, 0) is 0 Å². The summed E-state index contributed by atoms with van der Waals surface area (Å²) >= 11 is 1.89. The van der Waals surface area contributed by atoms with E-state index in [0.29, 0.717) is 9.13 Å². The van der Waals surface area contributed by atoms with Crippen molar-refractivity contribution in [1.29, 1.82) is 0 Å². The van der Waals surface area contributed by atoms with Crippen LogP contribution in [0.3, 0.4) is 0 Å². The lowest BCUT2D eigenvalue weighted by Crippen LogP contribution is -2.21. The number of hydrogen-bond acceptors (Lipinski definition) is 3. The van der Waals surface area contributed by atoms with Gasteiger partial charge in [-0.25, -0.2) is 13.8 Å². The Morgan fingerprint density at radius 2 is 2.25 bits per heavy atom. The second-order valence-electron chi connectivity index (χ2n) is 3.43. The minimum atomic E-state index is -2.90. The molecule has 1 aromatic heterocycles. The van der Waals surface area contributed by atoms with Crippen molar-refractivity contribution in [1.82, 2.24) is 4.98 Å². The number of halogens is 3. The van der Waals surface area contributed by atoms with E-state index in [0.717, 1.165) is 6.92 Å². The molecule has 1 rings (SSSR count). The Morgan fingerprint density at radius 1 is 1.62 bits per heavy atom. The molecule has 0 saturated carbocycles. The fourth-order valence-electron chi connectivity index (χ4n) is 0.919. The first-order valence-corrected chi connectivity index (χ1v) is 5.54. The van der Waals surface area contributed by atoms with Crippen LogP contribution >= 0.6 is 22.6 Å². The third-order valence-corrected chi connectivity index (χ3v) is 2.45. The molecule has 0 aliphatic heterocycles. The van der Waals surface area contributed by atoms with Crippen LogP contribution < -0.4 is 4.74 Å². The number of alkyl halides is 2. The molecule has 0 radical (unpaired) electrons. The summed E-state index contributed by atoms with van der Waals surface area (Å²) in [6.07, 6.45) is 1.31. The zero-order valence-corrected chi connectivity index (χ0v) is 10.9. The van der Waals surface area contributed by atoms with E-state index in [1.807, 2.05) is 22.6 Å². The molecule has 3 nitrogen and oxygen atoms in total. The Balaban J connectivity index is 2.80. The van der Waals surface area contributed by atoms with Gasteiger partial charge in [0.1, 0.15) is 0 Å². The van der Waals surface area contributed by atoms with Gasteiger partial charge < -0.3 is 4.74 Å². The molecule has 6 heteroatoms. The number of rotatable bonds is 4. The Morgan fingerprint density at radius 3 is 2.69 bits per heavy atom. The van der Waals surface area contributed by atoms with E-state index in [2.05, 4.69) is 4.98 Å². The largest absolute Gasteiger partial charge is 0.471 e. The number of ketones is 1. The summed E-state index contributed by atoms with van der Waals surface area (Å²) < 4.78 is 30.5. The Kier molecular flexibility index (Phi) is 4.17. The highest BCUT2D eigenvalue weighted by Gasteiger charge is 2.23. The monoisotopic (exact) mass is 341 g/mol. The van der Waals surface area contributed by atoms with Crippen molar-refractivity contribution in [3.63, 3.8) is 0 Å². The van der Waals surface area contributed by atoms with Gasteiger partial charge in [-0.05, 0) is 35.6 Å². The lowest BCUT2D eigenvalue weighted by molar-refractivity contribution is -0.0245. The van der Waals surface area contributed by atoms with Crippen molar-refractivity contribution in [2.24, 2.45) is 0 Å². The lowest BCUT2D eigenvalue weighted by Gasteiger charge is -2.12. The van der Waals surface area contributed by atoms with Gasteiger partial charge in [0, 0.05) is 18.7 Å². The number of Topliss-reactive ketones (excluding diaryl/α,β-unsaturated/α-hetero) is 1. The van der Waals surface area contributed by atoms with Crippen LogP contribution in [0.4, 0.5) is 8.78 Å². The second kappa shape index (κ2) is 5.03. The summed E-state index contributed by atoms with van der Waals surface area (Å²) in [5.41, 5.74) is 0.431. The number of hydrogen-bond donors (Lipinski definition) is 0. The number of carbonyl (C=O) groups excluding carboxylic acids is 1. The van der Waals surface area contributed by atoms with E-state index in [-0.39, 0.29) is 11.7 Å². The maximum absolute atomic E-state index is 12.5. The van der Waals surface area contributed by atoms with Crippen molar-refractivity contribution in [3.8, 4) is 5.88 Å². The zero-order valence-electron chi connectivity index (χ0n) is 8.76. The highest BCUT2D eigenvalue weighted by Crippen LogP contribution is 2.21. The number of nitrogens with zero attached hydrogens (tertiary/aromatic N) is 1. The molecular formula is C10H10F2INO2. The summed E-state index contributed by atoms with van der Waals surface area (Å²) in [6, 6.07) is 1.55. The molecule has 0 aliphatic rings. The van der Waals surface area contributed by atoms with Crippen LogP contribution in [0.2, 0.25) is 0 Å². The van der Waals surface area contributed by atoms with E-state index >= 15 is 0 Å². The van der Waals surface area contributed by atoms with E-state index in [1.165, 1.54) is 13.1 Å². The average molecular weight is 341 g/mol. The first kappa shape index (κ1) is 13.3. The Bertz CT molecular complexity index is 404. The molecule has 0 unspecified atom stereocenters. The molecule has 88 valence electrons. The summed E-state index contributed by atoms with van der Waals surface area (Å²) in [6.45, 7) is 1.45. The fraction of sp³-hybridized carbons (Fsp3) is 0.400. The molecule has 0 atom stereocenters. The van der Waals surface area contributed by atoms with Gasteiger partial charge >= 0.3 is 0 Å².